The largest absolute Gasteiger partial charge is 0.454 e. The van der Waals surface area contributed by atoms with Crippen LogP contribution in [0.3, 0.4) is 0 Å². The first-order chi connectivity index (χ1) is 13.2. The molecular weight excluding hydrogens is 366 g/mol. The topological polar surface area (TPSA) is 86.5 Å². The van der Waals surface area contributed by atoms with Crippen molar-refractivity contribution < 1.29 is 18.7 Å². The Hall–Kier alpha value is -3.00. The van der Waals surface area contributed by atoms with E-state index in [1.54, 1.807) is 11.8 Å². The smallest absolute Gasteiger partial charge is 0.322 e. The zero-order valence-corrected chi connectivity index (χ0v) is 15.4. The second kappa shape index (κ2) is 7.71. The van der Waals surface area contributed by atoms with E-state index >= 15 is 0 Å². The van der Waals surface area contributed by atoms with Crippen LogP contribution in [0.15, 0.2) is 51.8 Å². The molecule has 138 valence electrons. The maximum atomic E-state index is 12.2. The number of nitrogens with one attached hydrogen (secondary N) is 1. The fourth-order valence-corrected chi connectivity index (χ4v) is 3.10. The average molecular weight is 383 g/mol. The van der Waals surface area contributed by atoms with Gasteiger partial charge in [0.25, 0.3) is 0 Å². The number of thioether (sulfide) groups is 1. The van der Waals surface area contributed by atoms with Crippen LogP contribution in [0.4, 0.5) is 6.01 Å². The van der Waals surface area contributed by atoms with Crippen molar-refractivity contribution in [2.75, 3.05) is 18.4 Å². The molecule has 0 saturated heterocycles. The van der Waals surface area contributed by atoms with Gasteiger partial charge in [-0.15, -0.1) is 16.9 Å². The summed E-state index contributed by atoms with van der Waals surface area (Å²) in [6.45, 7) is 0.232. The number of aromatic nitrogens is 2. The van der Waals surface area contributed by atoms with E-state index in [4.69, 9.17) is 13.9 Å². The summed E-state index contributed by atoms with van der Waals surface area (Å²) >= 11 is 1.66. The SMILES string of the molecule is CSc1ccc(CC(=O)Nc2nnc(Cc3ccc4c(c3)OCO4)o2)cc1. The monoisotopic (exact) mass is 383 g/mol. The highest BCUT2D eigenvalue weighted by Crippen LogP contribution is 2.33. The predicted molar refractivity (Wildman–Crippen MR) is 100 cm³/mol. The fraction of sp³-hybridized carbons (Fsp3) is 0.211. The van der Waals surface area contributed by atoms with E-state index in [0.29, 0.717) is 18.1 Å². The maximum Gasteiger partial charge on any atom is 0.322 e. The Balaban J connectivity index is 1.35. The van der Waals surface area contributed by atoms with Gasteiger partial charge in [0.15, 0.2) is 11.5 Å². The van der Waals surface area contributed by atoms with Gasteiger partial charge in [0.2, 0.25) is 18.6 Å². The van der Waals surface area contributed by atoms with Crippen LogP contribution < -0.4 is 14.8 Å². The summed E-state index contributed by atoms with van der Waals surface area (Å²) in [6.07, 6.45) is 2.70. The van der Waals surface area contributed by atoms with E-state index in [-0.39, 0.29) is 25.1 Å². The average Bonchev–Trinajstić information content (AvgIpc) is 3.31. The third kappa shape index (κ3) is 4.22. The minimum Gasteiger partial charge on any atom is -0.454 e. The standard InChI is InChI=1S/C19H17N3O4S/c1-27-14-5-2-12(3-6-14)9-17(23)20-19-22-21-18(26-19)10-13-4-7-15-16(8-13)25-11-24-15/h2-8H,9-11H2,1H3,(H,20,22,23). The van der Waals surface area contributed by atoms with E-state index in [9.17, 15) is 4.79 Å². The number of hydrogen-bond donors (Lipinski definition) is 1. The van der Waals surface area contributed by atoms with Gasteiger partial charge < -0.3 is 13.9 Å². The number of hydrogen-bond acceptors (Lipinski definition) is 7. The van der Waals surface area contributed by atoms with Crippen LogP contribution in [0, 0.1) is 0 Å². The number of ether oxygens (including phenoxy) is 2. The highest BCUT2D eigenvalue weighted by Gasteiger charge is 2.15. The highest BCUT2D eigenvalue weighted by atomic mass is 32.2. The summed E-state index contributed by atoms with van der Waals surface area (Å²) in [5, 5.41) is 10.5. The molecule has 0 spiro atoms. The molecule has 0 saturated carbocycles. The first-order valence-electron chi connectivity index (χ1n) is 8.33. The van der Waals surface area contributed by atoms with Crippen molar-refractivity contribution in [1.29, 1.82) is 0 Å². The van der Waals surface area contributed by atoms with Crippen molar-refractivity contribution in [3.63, 3.8) is 0 Å². The molecule has 1 aromatic heterocycles. The molecule has 1 aliphatic heterocycles. The van der Waals surface area contributed by atoms with E-state index in [1.165, 1.54) is 0 Å². The molecule has 0 unspecified atom stereocenters. The van der Waals surface area contributed by atoms with Crippen molar-refractivity contribution in [2.24, 2.45) is 0 Å². The zero-order chi connectivity index (χ0) is 18.6. The maximum absolute atomic E-state index is 12.2. The van der Waals surface area contributed by atoms with Gasteiger partial charge in [-0.05, 0) is 41.6 Å². The van der Waals surface area contributed by atoms with E-state index < -0.39 is 0 Å². The van der Waals surface area contributed by atoms with E-state index in [0.717, 1.165) is 21.8 Å². The lowest BCUT2D eigenvalue weighted by molar-refractivity contribution is -0.115. The zero-order valence-electron chi connectivity index (χ0n) is 14.6. The summed E-state index contributed by atoms with van der Waals surface area (Å²) in [5.74, 6) is 1.63. The molecule has 0 bridgehead atoms. The van der Waals surface area contributed by atoms with Crippen molar-refractivity contribution in [1.82, 2.24) is 10.2 Å². The third-order valence-electron chi connectivity index (χ3n) is 4.03. The number of benzene rings is 2. The van der Waals surface area contributed by atoms with E-state index in [2.05, 4.69) is 15.5 Å². The lowest BCUT2D eigenvalue weighted by Crippen LogP contribution is -2.14. The van der Waals surface area contributed by atoms with Gasteiger partial charge in [-0.1, -0.05) is 23.3 Å². The molecule has 27 heavy (non-hydrogen) atoms. The van der Waals surface area contributed by atoms with Gasteiger partial charge in [0, 0.05) is 4.90 Å². The van der Waals surface area contributed by atoms with Crippen molar-refractivity contribution in [3.8, 4) is 11.5 Å². The molecule has 3 aromatic rings. The number of carbonyl (C=O) groups is 1. The quantitative estimate of drug-likeness (QED) is 0.654. The lowest BCUT2D eigenvalue weighted by Gasteiger charge is -2.02. The van der Waals surface area contributed by atoms with Crippen LogP contribution in [0.5, 0.6) is 11.5 Å². The van der Waals surface area contributed by atoms with Gasteiger partial charge >= 0.3 is 6.01 Å². The summed E-state index contributed by atoms with van der Waals surface area (Å²) in [5.41, 5.74) is 1.88. The van der Waals surface area contributed by atoms with Gasteiger partial charge in [0.05, 0.1) is 12.8 Å². The minimum atomic E-state index is -0.204. The molecule has 2 heterocycles. The van der Waals surface area contributed by atoms with Gasteiger partial charge in [-0.2, -0.15) is 0 Å². The van der Waals surface area contributed by atoms with Crippen LogP contribution in [0.2, 0.25) is 0 Å². The van der Waals surface area contributed by atoms with Crippen LogP contribution in [-0.2, 0) is 17.6 Å². The summed E-state index contributed by atoms with van der Waals surface area (Å²) in [4.78, 5) is 13.3. The van der Waals surface area contributed by atoms with Crippen molar-refractivity contribution >= 4 is 23.7 Å². The first-order valence-corrected chi connectivity index (χ1v) is 9.56. The molecule has 1 aliphatic rings. The first kappa shape index (κ1) is 17.4. The second-order valence-electron chi connectivity index (χ2n) is 5.94. The molecule has 8 heteroatoms. The Kier molecular flexibility index (Phi) is 4.97. The van der Waals surface area contributed by atoms with Gasteiger partial charge in [-0.3, -0.25) is 10.1 Å². The molecule has 2 aromatic carbocycles. The number of carbonyl (C=O) groups excluding carboxylic acids is 1. The van der Waals surface area contributed by atoms with Crippen LogP contribution in [0.1, 0.15) is 17.0 Å². The number of fused-ring (bicyclic) bond motifs is 1. The normalized spacial score (nSPS) is 12.2. The Morgan fingerprint density at radius 3 is 2.67 bits per heavy atom. The Morgan fingerprint density at radius 1 is 1.07 bits per heavy atom. The van der Waals surface area contributed by atoms with Gasteiger partial charge in [0.1, 0.15) is 0 Å². The van der Waals surface area contributed by atoms with Crippen LogP contribution >= 0.6 is 11.8 Å². The van der Waals surface area contributed by atoms with Crippen molar-refractivity contribution in [3.05, 3.63) is 59.5 Å². The molecule has 1 N–H and O–H groups in total. The predicted octanol–water partition coefficient (Wildman–Crippen LogP) is 3.29. The molecule has 0 fully saturated rings. The molecule has 0 aliphatic carbocycles. The number of nitrogens with zero attached hydrogens (tertiary/aromatic N) is 2. The molecule has 4 rings (SSSR count). The fourth-order valence-electron chi connectivity index (χ4n) is 2.69. The molecule has 0 atom stereocenters. The molecule has 1 amide bonds. The number of rotatable bonds is 6. The van der Waals surface area contributed by atoms with E-state index in [1.807, 2.05) is 48.7 Å². The second-order valence-corrected chi connectivity index (χ2v) is 6.82. The third-order valence-corrected chi connectivity index (χ3v) is 4.77. The van der Waals surface area contributed by atoms with Gasteiger partial charge in [-0.25, -0.2) is 0 Å². The minimum absolute atomic E-state index is 0.0940. The molecule has 0 radical (unpaired) electrons. The van der Waals surface area contributed by atoms with Crippen LogP contribution in [-0.4, -0.2) is 29.2 Å². The Morgan fingerprint density at radius 2 is 1.85 bits per heavy atom. The number of amides is 1. The lowest BCUT2D eigenvalue weighted by atomic mass is 10.1. The van der Waals surface area contributed by atoms with Crippen molar-refractivity contribution in [2.45, 2.75) is 17.7 Å². The molecule has 7 nitrogen and oxygen atoms in total. The number of anilines is 1. The Labute approximate surface area is 160 Å². The Bertz CT molecular complexity index is 956. The summed E-state index contributed by atoms with van der Waals surface area (Å²) < 4.78 is 16.2. The highest BCUT2D eigenvalue weighted by molar-refractivity contribution is 7.98. The summed E-state index contributed by atoms with van der Waals surface area (Å²) in [6, 6.07) is 13.6. The molecular formula is C19H17N3O4S. The summed E-state index contributed by atoms with van der Waals surface area (Å²) in [7, 11) is 0. The van der Waals surface area contributed by atoms with Crippen LogP contribution in [0.25, 0.3) is 0 Å².